The number of hydrogen-bond donors (Lipinski definition) is 0. The second kappa shape index (κ2) is 3.82. The van der Waals surface area contributed by atoms with Gasteiger partial charge in [-0.3, -0.25) is 9.48 Å². The van der Waals surface area contributed by atoms with Gasteiger partial charge in [0, 0.05) is 17.9 Å². The highest BCUT2D eigenvalue weighted by Gasteiger charge is 2.54. The first-order valence-corrected chi connectivity index (χ1v) is 7.01. The molecule has 4 nitrogen and oxygen atoms in total. The number of ketones is 1. The minimum absolute atomic E-state index is 0.0203. The summed E-state index contributed by atoms with van der Waals surface area (Å²) < 4.78 is 1.90. The molecule has 0 amide bonds. The van der Waals surface area contributed by atoms with Gasteiger partial charge in [0.05, 0.1) is 17.5 Å². The molecule has 20 heavy (non-hydrogen) atoms. The van der Waals surface area contributed by atoms with Gasteiger partial charge in [-0.15, -0.1) is 0 Å². The Labute approximate surface area is 119 Å². The van der Waals surface area contributed by atoms with Crippen LogP contribution in [0.5, 0.6) is 0 Å². The molecule has 0 bridgehead atoms. The van der Waals surface area contributed by atoms with E-state index in [4.69, 9.17) is 0 Å². The summed E-state index contributed by atoms with van der Waals surface area (Å²) in [5, 5.41) is 13.7. The van der Waals surface area contributed by atoms with Crippen LogP contribution < -0.4 is 0 Å². The van der Waals surface area contributed by atoms with Crippen LogP contribution in [0.2, 0.25) is 0 Å². The number of nitrogens with zero attached hydrogens (tertiary/aromatic N) is 3. The molecule has 1 aromatic rings. The predicted molar refractivity (Wildman–Crippen MR) is 74.9 cm³/mol. The number of fused-ring (bicyclic) bond motifs is 3. The quantitative estimate of drug-likeness (QED) is 0.726. The molecule has 1 aromatic heterocycles. The van der Waals surface area contributed by atoms with E-state index in [0.717, 1.165) is 18.5 Å². The normalized spacial score (nSPS) is 31.1. The fourth-order valence-electron chi connectivity index (χ4n) is 4.36. The van der Waals surface area contributed by atoms with Crippen molar-refractivity contribution in [3.8, 4) is 6.07 Å². The van der Waals surface area contributed by atoms with Gasteiger partial charge < -0.3 is 0 Å². The summed E-state index contributed by atoms with van der Waals surface area (Å²) in [6.45, 7) is 6.09. The zero-order chi connectivity index (χ0) is 14.7. The number of rotatable bonds is 0. The topological polar surface area (TPSA) is 58.7 Å². The van der Waals surface area contributed by atoms with Gasteiger partial charge in [0.25, 0.3) is 0 Å². The number of allylic oxidation sites excluding steroid dienone is 2. The average molecular weight is 269 g/mol. The van der Waals surface area contributed by atoms with Gasteiger partial charge >= 0.3 is 0 Å². The van der Waals surface area contributed by atoms with E-state index >= 15 is 0 Å². The lowest BCUT2D eigenvalue weighted by Crippen LogP contribution is -2.51. The van der Waals surface area contributed by atoms with E-state index < -0.39 is 5.41 Å². The molecule has 1 heterocycles. The van der Waals surface area contributed by atoms with Gasteiger partial charge in [-0.2, -0.15) is 10.4 Å². The van der Waals surface area contributed by atoms with Crippen LogP contribution in [0.3, 0.4) is 0 Å². The van der Waals surface area contributed by atoms with Crippen molar-refractivity contribution in [1.82, 2.24) is 9.78 Å². The number of aryl methyl sites for hydroxylation is 2. The van der Waals surface area contributed by atoms with Crippen molar-refractivity contribution in [3.05, 3.63) is 29.1 Å². The number of hydrogen-bond acceptors (Lipinski definition) is 3. The fraction of sp³-hybridized carbons (Fsp3) is 0.562. The Bertz CT molecular complexity index is 674. The van der Waals surface area contributed by atoms with Gasteiger partial charge in [0.15, 0.2) is 5.78 Å². The van der Waals surface area contributed by atoms with E-state index in [1.54, 1.807) is 0 Å². The van der Waals surface area contributed by atoms with Crippen molar-refractivity contribution in [3.63, 3.8) is 0 Å². The summed E-state index contributed by atoms with van der Waals surface area (Å²) in [6, 6.07) is 2.09. The lowest BCUT2D eigenvalue weighted by molar-refractivity contribution is -0.128. The number of carbonyl (C=O) groups is 1. The monoisotopic (exact) mass is 269 g/mol. The number of nitriles is 1. The van der Waals surface area contributed by atoms with Gasteiger partial charge in [-0.25, -0.2) is 0 Å². The van der Waals surface area contributed by atoms with Crippen molar-refractivity contribution in [2.45, 2.75) is 39.0 Å². The maximum Gasteiger partial charge on any atom is 0.178 e. The van der Waals surface area contributed by atoms with Crippen LogP contribution >= 0.6 is 0 Å². The molecule has 0 saturated heterocycles. The predicted octanol–water partition coefficient (Wildman–Crippen LogP) is 2.30. The molecule has 2 atom stereocenters. The minimum Gasteiger partial charge on any atom is -0.293 e. The Balaban J connectivity index is 2.31. The van der Waals surface area contributed by atoms with Crippen molar-refractivity contribution >= 4 is 5.78 Å². The Morgan fingerprint density at radius 1 is 1.45 bits per heavy atom. The summed E-state index contributed by atoms with van der Waals surface area (Å²) in [6.07, 6.45) is 5.71. The smallest absolute Gasteiger partial charge is 0.178 e. The molecule has 2 aliphatic rings. The second-order valence-electron chi connectivity index (χ2n) is 6.74. The molecular weight excluding hydrogens is 250 g/mol. The summed E-state index contributed by atoms with van der Waals surface area (Å²) >= 11 is 0. The maximum absolute atomic E-state index is 12.5. The van der Waals surface area contributed by atoms with E-state index in [1.165, 1.54) is 5.56 Å². The first-order chi connectivity index (χ1) is 9.32. The summed E-state index contributed by atoms with van der Waals surface area (Å²) in [5.74, 6) is 0.190. The van der Waals surface area contributed by atoms with Crippen molar-refractivity contribution in [2.24, 2.45) is 18.4 Å². The Kier molecular flexibility index (Phi) is 2.50. The molecular formula is C16H19N3O. The number of Topliss-reactive ketones (excluding diaryl/α,β-unsaturated/α-hetero) is 1. The summed E-state index contributed by atoms with van der Waals surface area (Å²) in [4.78, 5) is 12.5. The molecule has 0 radical (unpaired) electrons. The lowest BCUT2D eigenvalue weighted by Gasteiger charge is -2.50. The standard InChI is InChI=1S/C16H19N3O/c1-15(2)12-6-5-10-9-18-19(4)13(10)16(12,3)7-11(8-17)14(15)20/h7,9,12H,5-6H2,1-4H3. The maximum atomic E-state index is 12.5. The molecule has 0 spiro atoms. The first kappa shape index (κ1) is 13.1. The molecule has 3 rings (SSSR count). The third kappa shape index (κ3) is 1.41. The van der Waals surface area contributed by atoms with Crippen LogP contribution in [0.1, 0.15) is 38.4 Å². The third-order valence-corrected chi connectivity index (χ3v) is 5.22. The molecule has 104 valence electrons. The highest BCUT2D eigenvalue weighted by Crippen LogP contribution is 2.54. The zero-order valence-electron chi connectivity index (χ0n) is 12.4. The van der Waals surface area contributed by atoms with Crippen LogP contribution in [0.15, 0.2) is 17.8 Å². The SMILES string of the molecule is Cn1ncc2c1C1(C)C=C(C#N)C(=O)C(C)(C)C1CC2. The van der Waals surface area contributed by atoms with E-state index in [1.807, 2.05) is 37.8 Å². The molecule has 0 aliphatic heterocycles. The number of carbonyl (C=O) groups excluding carboxylic acids is 1. The molecule has 4 heteroatoms. The Hall–Kier alpha value is -1.89. The highest BCUT2D eigenvalue weighted by atomic mass is 16.1. The summed E-state index contributed by atoms with van der Waals surface area (Å²) in [7, 11) is 1.94. The molecule has 0 saturated carbocycles. The van der Waals surface area contributed by atoms with Gasteiger partial charge in [0.2, 0.25) is 0 Å². The van der Waals surface area contributed by atoms with E-state index in [0.29, 0.717) is 5.57 Å². The molecule has 0 aromatic carbocycles. The van der Waals surface area contributed by atoms with Crippen LogP contribution in [0, 0.1) is 22.7 Å². The van der Waals surface area contributed by atoms with E-state index in [9.17, 15) is 10.1 Å². The largest absolute Gasteiger partial charge is 0.293 e. The molecule has 0 N–H and O–H groups in total. The Morgan fingerprint density at radius 3 is 2.80 bits per heavy atom. The fourth-order valence-corrected chi connectivity index (χ4v) is 4.36. The molecule has 2 unspecified atom stereocenters. The van der Waals surface area contributed by atoms with Crippen molar-refractivity contribution in [1.29, 1.82) is 5.26 Å². The zero-order valence-corrected chi connectivity index (χ0v) is 12.4. The minimum atomic E-state index is -0.503. The van der Waals surface area contributed by atoms with E-state index in [-0.39, 0.29) is 17.1 Å². The number of aromatic nitrogens is 2. The highest BCUT2D eigenvalue weighted by molar-refractivity contribution is 6.04. The Morgan fingerprint density at radius 2 is 2.15 bits per heavy atom. The van der Waals surface area contributed by atoms with Gasteiger partial charge in [0.1, 0.15) is 6.07 Å². The first-order valence-electron chi connectivity index (χ1n) is 7.01. The molecule has 2 aliphatic carbocycles. The van der Waals surface area contributed by atoms with E-state index in [2.05, 4.69) is 18.1 Å². The van der Waals surface area contributed by atoms with Crippen LogP contribution in [-0.4, -0.2) is 15.6 Å². The van der Waals surface area contributed by atoms with Crippen LogP contribution in [-0.2, 0) is 23.7 Å². The average Bonchev–Trinajstić information content (AvgIpc) is 2.77. The second-order valence-corrected chi connectivity index (χ2v) is 6.74. The molecule has 0 fully saturated rings. The van der Waals surface area contributed by atoms with Crippen molar-refractivity contribution in [2.75, 3.05) is 0 Å². The lowest BCUT2D eigenvalue weighted by atomic mass is 9.52. The third-order valence-electron chi connectivity index (χ3n) is 5.22. The summed E-state index contributed by atoms with van der Waals surface area (Å²) in [5.41, 5.74) is 1.90. The van der Waals surface area contributed by atoms with Crippen LogP contribution in [0.4, 0.5) is 0 Å². The van der Waals surface area contributed by atoms with Gasteiger partial charge in [-0.05, 0) is 24.3 Å². The van der Waals surface area contributed by atoms with Crippen molar-refractivity contribution < 1.29 is 4.79 Å². The van der Waals surface area contributed by atoms with Gasteiger partial charge in [-0.1, -0.05) is 26.8 Å². The van der Waals surface area contributed by atoms with Crippen LogP contribution in [0.25, 0.3) is 0 Å².